The van der Waals surface area contributed by atoms with Gasteiger partial charge in [-0.3, -0.25) is 0 Å². The molecule has 1 aromatic carbocycles. The van der Waals surface area contributed by atoms with Crippen molar-refractivity contribution in [3.8, 4) is 0 Å². The molecule has 1 rings (SSSR count). The van der Waals surface area contributed by atoms with Crippen molar-refractivity contribution in [2.24, 2.45) is 5.92 Å². The standard InChI is InChI=1S/C23H37NO.C4H11N/c1-8-18(4)12-13-25-16-23(20(6)15-24-14-17(2)3)22-11-9-10-19(5)21(22)7;1-3-4-5-2/h9-11,14-15,18,23-24H,8,12-13,16H2,1-7H3;5H,3-4H2,1-2H3/b20-15+;. The molecular formula is C27H48N2O. The van der Waals surface area contributed by atoms with E-state index >= 15 is 0 Å². The van der Waals surface area contributed by atoms with Gasteiger partial charge in [0.05, 0.1) is 6.61 Å². The van der Waals surface area contributed by atoms with E-state index in [9.17, 15) is 0 Å². The number of rotatable bonds is 12. The second kappa shape index (κ2) is 17.1. The first kappa shape index (κ1) is 28.4. The lowest BCUT2D eigenvalue weighted by Gasteiger charge is -2.22. The van der Waals surface area contributed by atoms with E-state index in [0.29, 0.717) is 0 Å². The first-order chi connectivity index (χ1) is 14.3. The zero-order valence-corrected chi connectivity index (χ0v) is 21.2. The highest BCUT2D eigenvalue weighted by Gasteiger charge is 2.17. The van der Waals surface area contributed by atoms with Crippen LogP contribution in [0.5, 0.6) is 0 Å². The van der Waals surface area contributed by atoms with Gasteiger partial charge in [0.2, 0.25) is 0 Å². The van der Waals surface area contributed by atoms with Gasteiger partial charge in [0.15, 0.2) is 0 Å². The number of hydrogen-bond acceptors (Lipinski definition) is 3. The van der Waals surface area contributed by atoms with Gasteiger partial charge in [0, 0.05) is 18.7 Å². The van der Waals surface area contributed by atoms with Crippen molar-refractivity contribution in [3.05, 3.63) is 58.4 Å². The minimum Gasteiger partial charge on any atom is -0.380 e. The average Bonchev–Trinajstić information content (AvgIpc) is 2.71. The Morgan fingerprint density at radius 1 is 1.10 bits per heavy atom. The van der Waals surface area contributed by atoms with Gasteiger partial charge >= 0.3 is 0 Å². The van der Waals surface area contributed by atoms with E-state index in [1.807, 2.05) is 13.2 Å². The molecule has 3 nitrogen and oxygen atoms in total. The maximum Gasteiger partial charge on any atom is 0.0572 e. The number of allylic oxidation sites excluding steroid dienone is 1. The Kier molecular flexibility index (Phi) is 16.2. The van der Waals surface area contributed by atoms with Gasteiger partial charge in [-0.1, -0.05) is 51.0 Å². The molecule has 172 valence electrons. The van der Waals surface area contributed by atoms with Crippen molar-refractivity contribution in [3.63, 3.8) is 0 Å². The van der Waals surface area contributed by atoms with Crippen LogP contribution in [0.25, 0.3) is 0 Å². The predicted octanol–water partition coefficient (Wildman–Crippen LogP) is 6.87. The molecule has 2 atom stereocenters. The first-order valence-corrected chi connectivity index (χ1v) is 11.6. The fourth-order valence-electron chi connectivity index (χ4n) is 3.00. The molecule has 2 N–H and O–H groups in total. The maximum absolute atomic E-state index is 6.08. The molecule has 1 aromatic rings. The summed E-state index contributed by atoms with van der Waals surface area (Å²) in [6.45, 7) is 20.2. The van der Waals surface area contributed by atoms with Crippen LogP contribution in [0.15, 0.2) is 41.7 Å². The van der Waals surface area contributed by atoms with Crippen molar-refractivity contribution in [2.75, 3.05) is 26.8 Å². The Morgan fingerprint density at radius 3 is 2.33 bits per heavy atom. The molecule has 0 saturated carbocycles. The Balaban J connectivity index is 0.00000150. The fourth-order valence-corrected chi connectivity index (χ4v) is 3.00. The van der Waals surface area contributed by atoms with Gasteiger partial charge < -0.3 is 15.4 Å². The van der Waals surface area contributed by atoms with E-state index in [2.05, 4.69) is 90.4 Å². The van der Waals surface area contributed by atoms with Crippen molar-refractivity contribution >= 4 is 0 Å². The van der Waals surface area contributed by atoms with Gasteiger partial charge in [-0.25, -0.2) is 0 Å². The van der Waals surface area contributed by atoms with Crippen LogP contribution in [0.4, 0.5) is 0 Å². The average molecular weight is 417 g/mol. The summed E-state index contributed by atoms with van der Waals surface area (Å²) in [5, 5.41) is 6.32. The van der Waals surface area contributed by atoms with Crippen molar-refractivity contribution in [1.29, 1.82) is 0 Å². The Labute approximate surface area is 187 Å². The van der Waals surface area contributed by atoms with Crippen LogP contribution < -0.4 is 10.6 Å². The van der Waals surface area contributed by atoms with Gasteiger partial charge in [-0.15, -0.1) is 0 Å². The molecule has 0 aliphatic heterocycles. The normalized spacial score (nSPS) is 13.2. The molecule has 3 heteroatoms. The lowest BCUT2D eigenvalue weighted by Crippen LogP contribution is -2.14. The third-order valence-electron chi connectivity index (χ3n) is 5.49. The Hall–Kier alpha value is -1.58. The van der Waals surface area contributed by atoms with E-state index < -0.39 is 0 Å². The lowest BCUT2D eigenvalue weighted by atomic mass is 9.88. The van der Waals surface area contributed by atoms with E-state index in [4.69, 9.17) is 4.74 Å². The van der Waals surface area contributed by atoms with Crippen molar-refractivity contribution < 1.29 is 4.74 Å². The van der Waals surface area contributed by atoms with Crippen LogP contribution in [0.3, 0.4) is 0 Å². The van der Waals surface area contributed by atoms with Crippen molar-refractivity contribution in [1.82, 2.24) is 10.6 Å². The van der Waals surface area contributed by atoms with E-state index in [1.54, 1.807) is 0 Å². The largest absolute Gasteiger partial charge is 0.380 e. The topological polar surface area (TPSA) is 33.3 Å². The maximum atomic E-state index is 6.08. The molecule has 0 radical (unpaired) electrons. The van der Waals surface area contributed by atoms with Crippen molar-refractivity contribution in [2.45, 2.75) is 80.6 Å². The molecule has 30 heavy (non-hydrogen) atoms. The molecule has 0 amide bonds. The third kappa shape index (κ3) is 12.2. The van der Waals surface area contributed by atoms with E-state index in [1.165, 1.54) is 40.7 Å². The Morgan fingerprint density at radius 2 is 1.80 bits per heavy atom. The summed E-state index contributed by atoms with van der Waals surface area (Å²) < 4.78 is 6.08. The molecule has 0 fully saturated rings. The number of hydrogen-bond donors (Lipinski definition) is 2. The van der Waals surface area contributed by atoms with Crippen LogP contribution in [-0.4, -0.2) is 26.8 Å². The van der Waals surface area contributed by atoms with Gasteiger partial charge in [0.1, 0.15) is 0 Å². The fraction of sp³-hybridized carbons (Fsp3) is 0.630. The second-order valence-corrected chi connectivity index (χ2v) is 8.60. The molecule has 0 aliphatic carbocycles. The first-order valence-electron chi connectivity index (χ1n) is 11.6. The summed E-state index contributed by atoms with van der Waals surface area (Å²) in [7, 11) is 1.96. The van der Waals surface area contributed by atoms with Gasteiger partial charge in [-0.05, 0) is 95.4 Å². The Bertz CT molecular complexity index is 628. The zero-order valence-electron chi connectivity index (χ0n) is 21.2. The summed E-state index contributed by atoms with van der Waals surface area (Å²) in [5.41, 5.74) is 6.64. The highest BCUT2D eigenvalue weighted by molar-refractivity contribution is 5.39. The molecule has 0 spiro atoms. The molecule has 2 unspecified atom stereocenters. The highest BCUT2D eigenvalue weighted by atomic mass is 16.5. The lowest BCUT2D eigenvalue weighted by molar-refractivity contribution is 0.114. The van der Waals surface area contributed by atoms with Gasteiger partial charge in [0.25, 0.3) is 0 Å². The number of benzene rings is 1. The van der Waals surface area contributed by atoms with Crippen LogP contribution in [0, 0.1) is 19.8 Å². The zero-order chi connectivity index (χ0) is 22.9. The summed E-state index contributed by atoms with van der Waals surface area (Å²) >= 11 is 0. The summed E-state index contributed by atoms with van der Waals surface area (Å²) in [6, 6.07) is 6.57. The molecule has 0 saturated heterocycles. The summed E-state index contributed by atoms with van der Waals surface area (Å²) in [4.78, 5) is 0. The highest BCUT2D eigenvalue weighted by Crippen LogP contribution is 2.28. The monoisotopic (exact) mass is 416 g/mol. The van der Waals surface area contributed by atoms with E-state index in [0.717, 1.165) is 32.1 Å². The minimum absolute atomic E-state index is 0.287. The molecule has 0 heterocycles. The van der Waals surface area contributed by atoms with Gasteiger partial charge in [-0.2, -0.15) is 0 Å². The third-order valence-corrected chi connectivity index (χ3v) is 5.49. The smallest absolute Gasteiger partial charge is 0.0572 e. The molecule has 0 aromatic heterocycles. The molecular weight excluding hydrogens is 368 g/mol. The number of nitrogens with one attached hydrogen (secondary N) is 2. The van der Waals surface area contributed by atoms with E-state index in [-0.39, 0.29) is 5.92 Å². The number of aryl methyl sites for hydroxylation is 1. The predicted molar refractivity (Wildman–Crippen MR) is 134 cm³/mol. The van der Waals surface area contributed by atoms with Crippen LogP contribution in [-0.2, 0) is 4.74 Å². The minimum atomic E-state index is 0.287. The second-order valence-electron chi connectivity index (χ2n) is 8.60. The van der Waals surface area contributed by atoms with Crippen LogP contribution in [0.2, 0.25) is 0 Å². The molecule has 0 aliphatic rings. The summed E-state index contributed by atoms with van der Waals surface area (Å²) in [5.74, 6) is 1.02. The quantitative estimate of drug-likeness (QED) is 0.365. The van der Waals surface area contributed by atoms with Crippen LogP contribution >= 0.6 is 0 Å². The van der Waals surface area contributed by atoms with Crippen LogP contribution in [0.1, 0.15) is 83.4 Å². The SMILES string of the molecule is CCC(C)CCOCC(/C(C)=C/NC=C(C)C)c1cccc(C)c1C.CCCNC. The molecule has 0 bridgehead atoms. The summed E-state index contributed by atoms with van der Waals surface area (Å²) in [6.07, 6.45) is 7.73. The number of ether oxygens (including phenoxy) is 1.